The molecule has 0 fully saturated rings. The van der Waals surface area contributed by atoms with Gasteiger partial charge in [-0.05, 0) is 18.2 Å². The summed E-state index contributed by atoms with van der Waals surface area (Å²) in [5.74, 6) is -0.537. The lowest BCUT2D eigenvalue weighted by atomic mass is 10.2. The molecule has 0 saturated heterocycles. The van der Waals surface area contributed by atoms with Gasteiger partial charge in [-0.25, -0.2) is 5.06 Å². The predicted molar refractivity (Wildman–Crippen MR) is 76.7 cm³/mol. The highest BCUT2D eigenvalue weighted by atomic mass is 35.5. The van der Waals surface area contributed by atoms with Gasteiger partial charge in [-0.3, -0.25) is 14.4 Å². The normalized spacial score (nSPS) is 10.6. The van der Waals surface area contributed by atoms with Crippen LogP contribution in [-0.2, 0) is 9.63 Å². The first-order chi connectivity index (χ1) is 9.42. The minimum atomic E-state index is -0.325. The molecule has 2 aromatic rings. The molecule has 20 heavy (non-hydrogen) atoms. The van der Waals surface area contributed by atoms with Crippen LogP contribution >= 0.6 is 11.6 Å². The maximum absolute atomic E-state index is 12.0. The third-order valence-corrected chi connectivity index (χ3v) is 3.02. The molecule has 2 N–H and O–H groups in total. The Bertz CT molecular complexity index is 681. The minimum absolute atomic E-state index is 0.211. The summed E-state index contributed by atoms with van der Waals surface area (Å²) in [5.41, 5.74) is 1.56. The molecule has 1 heterocycles. The van der Waals surface area contributed by atoms with E-state index in [0.717, 1.165) is 5.06 Å². The molecule has 0 aliphatic carbocycles. The average Bonchev–Trinajstić information content (AvgIpc) is 2.80. The van der Waals surface area contributed by atoms with Crippen molar-refractivity contribution in [2.24, 2.45) is 0 Å². The van der Waals surface area contributed by atoms with Gasteiger partial charge >= 0.3 is 0 Å². The maximum atomic E-state index is 12.0. The number of nitrogens with one attached hydrogen (secondary N) is 2. The highest BCUT2D eigenvalue weighted by molar-refractivity contribution is 6.32. The van der Waals surface area contributed by atoms with Crippen LogP contribution in [-0.4, -0.2) is 36.0 Å². The lowest BCUT2D eigenvalue weighted by Gasteiger charge is -2.11. The Labute approximate surface area is 120 Å². The quantitative estimate of drug-likeness (QED) is 0.854. The number of benzene rings is 1. The zero-order valence-corrected chi connectivity index (χ0v) is 12.0. The van der Waals surface area contributed by atoms with Crippen molar-refractivity contribution in [1.82, 2.24) is 10.0 Å². The van der Waals surface area contributed by atoms with Gasteiger partial charge in [0.1, 0.15) is 5.69 Å². The molecule has 0 unspecified atom stereocenters. The van der Waals surface area contributed by atoms with Crippen molar-refractivity contribution in [3.63, 3.8) is 0 Å². The lowest BCUT2D eigenvalue weighted by molar-refractivity contribution is -0.114. The van der Waals surface area contributed by atoms with E-state index in [4.69, 9.17) is 16.4 Å². The van der Waals surface area contributed by atoms with Gasteiger partial charge in [-0.1, -0.05) is 11.6 Å². The molecule has 7 heteroatoms. The number of H-pyrrole nitrogens is 1. The molecule has 1 aromatic heterocycles. The summed E-state index contributed by atoms with van der Waals surface area (Å²) in [6.07, 6.45) is 0. The lowest BCUT2D eigenvalue weighted by Crippen LogP contribution is -2.25. The van der Waals surface area contributed by atoms with Crippen molar-refractivity contribution in [3.8, 4) is 0 Å². The Kier molecular flexibility index (Phi) is 3.96. The van der Waals surface area contributed by atoms with Crippen molar-refractivity contribution < 1.29 is 14.4 Å². The molecule has 0 bridgehead atoms. The van der Waals surface area contributed by atoms with E-state index in [-0.39, 0.29) is 11.8 Å². The number of rotatable bonds is 3. The predicted octanol–water partition coefficient (Wildman–Crippen LogP) is 2.41. The van der Waals surface area contributed by atoms with Gasteiger partial charge in [0.2, 0.25) is 5.91 Å². The highest BCUT2D eigenvalue weighted by Gasteiger charge is 2.16. The molecule has 6 nitrogen and oxygen atoms in total. The van der Waals surface area contributed by atoms with Crippen molar-refractivity contribution in [2.75, 3.05) is 19.5 Å². The Balaban J connectivity index is 2.52. The van der Waals surface area contributed by atoms with Crippen LogP contribution in [0.5, 0.6) is 0 Å². The first kappa shape index (κ1) is 14.4. The van der Waals surface area contributed by atoms with E-state index in [0.29, 0.717) is 27.3 Å². The van der Waals surface area contributed by atoms with E-state index in [1.54, 1.807) is 18.2 Å². The monoisotopic (exact) mass is 295 g/mol. The van der Waals surface area contributed by atoms with Gasteiger partial charge in [0.15, 0.2) is 0 Å². The number of halogens is 1. The van der Waals surface area contributed by atoms with Gasteiger partial charge < -0.3 is 10.3 Å². The summed E-state index contributed by atoms with van der Waals surface area (Å²) in [4.78, 5) is 31.0. The fourth-order valence-corrected chi connectivity index (χ4v) is 2.08. The van der Waals surface area contributed by atoms with Crippen LogP contribution in [0.15, 0.2) is 18.2 Å². The number of hydroxylamine groups is 2. The van der Waals surface area contributed by atoms with E-state index in [9.17, 15) is 9.59 Å². The van der Waals surface area contributed by atoms with Gasteiger partial charge in [0.25, 0.3) is 5.91 Å². The number of aromatic nitrogens is 1. The van der Waals surface area contributed by atoms with Crippen LogP contribution in [0, 0.1) is 0 Å². The summed E-state index contributed by atoms with van der Waals surface area (Å²) in [5, 5.41) is 4.95. The number of fused-ring (bicyclic) bond motifs is 1. The minimum Gasteiger partial charge on any atom is -0.350 e. The molecule has 0 spiro atoms. The molecule has 0 radical (unpaired) electrons. The zero-order chi connectivity index (χ0) is 14.9. The summed E-state index contributed by atoms with van der Waals surface area (Å²) >= 11 is 5.99. The first-order valence-electron chi connectivity index (χ1n) is 5.84. The standard InChI is InChI=1S/C13H14ClN3O3/c1-7(18)15-10-4-8(14)5-11-9(10)6-12(16-11)13(19)17(2)20-3/h4-6,16H,1-3H3,(H,15,18). The summed E-state index contributed by atoms with van der Waals surface area (Å²) < 4.78 is 0. The molecular weight excluding hydrogens is 282 g/mol. The second kappa shape index (κ2) is 5.52. The number of anilines is 1. The Morgan fingerprint density at radius 2 is 2.05 bits per heavy atom. The number of amides is 2. The second-order valence-electron chi connectivity index (χ2n) is 4.26. The van der Waals surface area contributed by atoms with Crippen LogP contribution in [0.4, 0.5) is 5.69 Å². The summed E-state index contributed by atoms with van der Waals surface area (Å²) in [6, 6.07) is 4.97. The fraction of sp³-hybridized carbons (Fsp3) is 0.231. The molecule has 0 aliphatic rings. The number of hydrogen-bond acceptors (Lipinski definition) is 3. The summed E-state index contributed by atoms with van der Waals surface area (Å²) in [7, 11) is 2.91. The Morgan fingerprint density at radius 3 is 2.65 bits per heavy atom. The number of aromatic amines is 1. The van der Waals surface area contributed by atoms with Crippen molar-refractivity contribution in [1.29, 1.82) is 0 Å². The first-order valence-corrected chi connectivity index (χ1v) is 6.22. The van der Waals surface area contributed by atoms with E-state index in [1.165, 1.54) is 21.1 Å². The van der Waals surface area contributed by atoms with Crippen LogP contribution in [0.25, 0.3) is 10.9 Å². The largest absolute Gasteiger partial charge is 0.350 e. The summed E-state index contributed by atoms with van der Waals surface area (Å²) in [6.45, 7) is 1.41. The van der Waals surface area contributed by atoms with Gasteiger partial charge in [-0.15, -0.1) is 0 Å². The molecule has 2 rings (SSSR count). The average molecular weight is 296 g/mol. The Morgan fingerprint density at radius 1 is 1.35 bits per heavy atom. The molecule has 0 saturated carbocycles. The van der Waals surface area contributed by atoms with Crippen molar-refractivity contribution >= 4 is 40.0 Å². The molecule has 0 aliphatic heterocycles. The number of hydrogen-bond donors (Lipinski definition) is 2. The third kappa shape index (κ3) is 2.76. The fourth-order valence-electron chi connectivity index (χ4n) is 1.86. The molecular formula is C13H14ClN3O3. The smallest absolute Gasteiger partial charge is 0.293 e. The Hall–Kier alpha value is -2.05. The number of carbonyl (C=O) groups is 2. The van der Waals surface area contributed by atoms with E-state index in [2.05, 4.69) is 10.3 Å². The third-order valence-electron chi connectivity index (χ3n) is 2.80. The second-order valence-corrected chi connectivity index (χ2v) is 4.70. The maximum Gasteiger partial charge on any atom is 0.293 e. The number of carbonyl (C=O) groups excluding carboxylic acids is 2. The van der Waals surface area contributed by atoms with E-state index in [1.807, 2.05) is 0 Å². The molecule has 106 valence electrons. The SMILES string of the molecule is CON(C)C(=O)c1cc2c(NC(C)=O)cc(Cl)cc2[nH]1. The topological polar surface area (TPSA) is 74.4 Å². The van der Waals surface area contributed by atoms with Crippen molar-refractivity contribution in [3.05, 3.63) is 28.9 Å². The van der Waals surface area contributed by atoms with Crippen LogP contribution < -0.4 is 5.32 Å². The van der Waals surface area contributed by atoms with Gasteiger partial charge in [0, 0.05) is 29.9 Å². The van der Waals surface area contributed by atoms with Crippen LogP contribution in [0.2, 0.25) is 5.02 Å². The molecule has 0 atom stereocenters. The van der Waals surface area contributed by atoms with E-state index < -0.39 is 0 Å². The van der Waals surface area contributed by atoms with Gasteiger partial charge in [-0.2, -0.15) is 0 Å². The van der Waals surface area contributed by atoms with Crippen LogP contribution in [0.3, 0.4) is 0 Å². The molecule has 1 aromatic carbocycles. The van der Waals surface area contributed by atoms with Gasteiger partial charge in [0.05, 0.1) is 12.8 Å². The van der Waals surface area contributed by atoms with E-state index >= 15 is 0 Å². The van der Waals surface area contributed by atoms with Crippen LogP contribution in [0.1, 0.15) is 17.4 Å². The number of nitrogens with zero attached hydrogens (tertiary/aromatic N) is 1. The zero-order valence-electron chi connectivity index (χ0n) is 11.3. The van der Waals surface area contributed by atoms with Crippen molar-refractivity contribution in [2.45, 2.75) is 6.92 Å². The highest BCUT2D eigenvalue weighted by Crippen LogP contribution is 2.29. The molecule has 2 amide bonds.